The molecule has 0 spiro atoms. The molecule has 4 heteroatoms. The van der Waals surface area contributed by atoms with E-state index >= 15 is 0 Å². The Labute approximate surface area is 83.0 Å². The van der Waals surface area contributed by atoms with Crippen LogP contribution in [0.15, 0.2) is 48.7 Å². The Morgan fingerprint density at radius 3 is 2.57 bits per heavy atom. The fourth-order valence-electron chi connectivity index (χ4n) is 0.870. The molecule has 0 saturated heterocycles. The highest BCUT2D eigenvalue weighted by atomic mass is 16.6. The lowest BCUT2D eigenvalue weighted by Crippen LogP contribution is -2.03. The van der Waals surface area contributed by atoms with Crippen molar-refractivity contribution in [3.05, 3.63) is 58.8 Å². The number of allylic oxidation sites excluding steroid dienone is 3. The van der Waals surface area contributed by atoms with Gasteiger partial charge in [0.2, 0.25) is 0 Å². The Hall–Kier alpha value is -1.68. The van der Waals surface area contributed by atoms with Gasteiger partial charge in [0, 0.05) is 13.2 Å². The van der Waals surface area contributed by atoms with Crippen molar-refractivity contribution in [2.24, 2.45) is 0 Å². The van der Waals surface area contributed by atoms with Crippen molar-refractivity contribution in [2.45, 2.75) is 0 Å². The summed E-state index contributed by atoms with van der Waals surface area (Å²) in [5.74, 6) is 0. The molecule has 0 fully saturated rings. The third-order valence-corrected chi connectivity index (χ3v) is 1.45. The second kappa shape index (κ2) is 6.80. The van der Waals surface area contributed by atoms with Gasteiger partial charge in [-0.3, -0.25) is 10.1 Å². The lowest BCUT2D eigenvalue weighted by atomic mass is 10.2. The summed E-state index contributed by atoms with van der Waals surface area (Å²) in [6.07, 6.45) is 5.93. The summed E-state index contributed by atoms with van der Waals surface area (Å²) in [6.45, 7) is 7.03. The van der Waals surface area contributed by atoms with Gasteiger partial charge in [0.1, 0.15) is 0 Å². The molecule has 0 N–H and O–H groups in total. The third kappa shape index (κ3) is 3.82. The molecule has 0 atom stereocenters. The molecule has 0 unspecified atom stereocenters. The molecule has 0 aliphatic rings. The van der Waals surface area contributed by atoms with Gasteiger partial charge in [0.25, 0.3) is 5.70 Å². The summed E-state index contributed by atoms with van der Waals surface area (Å²) < 4.78 is 4.84. The number of hydrogen-bond donors (Lipinski definition) is 0. The van der Waals surface area contributed by atoms with Crippen LogP contribution in [-0.4, -0.2) is 18.6 Å². The quantitative estimate of drug-likeness (QED) is 0.370. The summed E-state index contributed by atoms with van der Waals surface area (Å²) in [6, 6.07) is 0. The van der Waals surface area contributed by atoms with Crippen LogP contribution in [0.5, 0.6) is 0 Å². The zero-order chi connectivity index (χ0) is 11.0. The zero-order valence-electron chi connectivity index (χ0n) is 8.10. The van der Waals surface area contributed by atoms with E-state index in [1.165, 1.54) is 19.3 Å². The van der Waals surface area contributed by atoms with Crippen LogP contribution in [0.1, 0.15) is 0 Å². The Morgan fingerprint density at radius 1 is 1.57 bits per heavy atom. The average molecular weight is 195 g/mol. The molecule has 0 heterocycles. The number of methoxy groups -OCH3 is 1. The third-order valence-electron chi connectivity index (χ3n) is 1.45. The molecule has 0 aromatic heterocycles. The Kier molecular flexibility index (Phi) is 5.98. The van der Waals surface area contributed by atoms with Crippen molar-refractivity contribution >= 4 is 0 Å². The molecule has 4 nitrogen and oxygen atoms in total. The lowest BCUT2D eigenvalue weighted by Gasteiger charge is -2.00. The first-order valence-corrected chi connectivity index (χ1v) is 3.95. The van der Waals surface area contributed by atoms with Gasteiger partial charge in [-0.2, -0.15) is 0 Å². The van der Waals surface area contributed by atoms with Crippen LogP contribution in [0.25, 0.3) is 0 Å². The van der Waals surface area contributed by atoms with Gasteiger partial charge in [0.05, 0.1) is 17.1 Å². The minimum Gasteiger partial charge on any atom is -0.380 e. The summed E-state index contributed by atoms with van der Waals surface area (Å²) >= 11 is 0. The van der Waals surface area contributed by atoms with Gasteiger partial charge < -0.3 is 4.74 Å². The van der Waals surface area contributed by atoms with E-state index in [9.17, 15) is 10.1 Å². The fourth-order valence-corrected chi connectivity index (χ4v) is 0.870. The smallest absolute Gasteiger partial charge is 0.274 e. The molecule has 0 radical (unpaired) electrons. The maximum atomic E-state index is 10.6. The van der Waals surface area contributed by atoms with E-state index in [0.29, 0.717) is 5.57 Å². The fraction of sp³-hybridized carbons (Fsp3) is 0.200. The van der Waals surface area contributed by atoms with Crippen LogP contribution in [0.3, 0.4) is 0 Å². The van der Waals surface area contributed by atoms with Crippen molar-refractivity contribution in [3.8, 4) is 0 Å². The maximum Gasteiger partial charge on any atom is 0.274 e. The second-order valence-corrected chi connectivity index (χ2v) is 2.40. The first-order valence-electron chi connectivity index (χ1n) is 3.95. The van der Waals surface area contributed by atoms with Crippen LogP contribution < -0.4 is 0 Å². The van der Waals surface area contributed by atoms with Gasteiger partial charge in [-0.1, -0.05) is 25.3 Å². The first kappa shape index (κ1) is 12.3. The first-order chi connectivity index (χ1) is 6.67. The minimum atomic E-state index is -0.491. The minimum absolute atomic E-state index is 0.0510. The molecule has 0 rings (SSSR count). The highest BCUT2D eigenvalue weighted by Gasteiger charge is 2.11. The summed E-state index contributed by atoms with van der Waals surface area (Å²) in [7, 11) is 1.47. The number of hydrogen-bond acceptors (Lipinski definition) is 3. The van der Waals surface area contributed by atoms with Crippen molar-refractivity contribution in [1.82, 2.24) is 0 Å². The zero-order valence-corrected chi connectivity index (χ0v) is 8.10. The Morgan fingerprint density at radius 2 is 2.21 bits per heavy atom. The normalized spacial score (nSPS) is 12.4. The van der Waals surface area contributed by atoms with Gasteiger partial charge in [-0.25, -0.2) is 0 Å². The molecule has 0 bridgehead atoms. The molecule has 0 saturated carbocycles. The Bertz CT molecular complexity index is 290. The van der Waals surface area contributed by atoms with E-state index in [-0.39, 0.29) is 12.3 Å². The van der Waals surface area contributed by atoms with Crippen LogP contribution in [0, 0.1) is 10.1 Å². The molecule has 0 aliphatic carbocycles. The van der Waals surface area contributed by atoms with Gasteiger partial charge >= 0.3 is 0 Å². The molecular formula is C10H13NO3. The van der Waals surface area contributed by atoms with Crippen LogP contribution in [-0.2, 0) is 4.74 Å². The van der Waals surface area contributed by atoms with E-state index in [1.54, 1.807) is 12.2 Å². The van der Waals surface area contributed by atoms with E-state index in [4.69, 9.17) is 4.74 Å². The molecule has 76 valence electrons. The SMILES string of the molecule is C=C/C=C\C(COC)=C(/C=C)[N+](=O)[O-]. The average Bonchev–Trinajstić information content (AvgIpc) is 2.14. The lowest BCUT2D eigenvalue weighted by molar-refractivity contribution is -0.420. The number of ether oxygens (including phenoxy) is 1. The van der Waals surface area contributed by atoms with E-state index < -0.39 is 4.92 Å². The molecule has 0 aromatic carbocycles. The van der Waals surface area contributed by atoms with Crippen LogP contribution in [0.4, 0.5) is 0 Å². The van der Waals surface area contributed by atoms with Gasteiger partial charge in [-0.05, 0) is 6.08 Å². The number of rotatable bonds is 6. The van der Waals surface area contributed by atoms with E-state index in [1.807, 2.05) is 0 Å². The predicted molar refractivity (Wildman–Crippen MR) is 55.4 cm³/mol. The number of nitrogens with zero attached hydrogens (tertiary/aromatic N) is 1. The van der Waals surface area contributed by atoms with E-state index in [0.717, 1.165) is 0 Å². The van der Waals surface area contributed by atoms with Gasteiger partial charge in [-0.15, -0.1) is 0 Å². The van der Waals surface area contributed by atoms with Crippen molar-refractivity contribution in [1.29, 1.82) is 0 Å². The summed E-state index contributed by atoms with van der Waals surface area (Å²) in [4.78, 5) is 10.1. The van der Waals surface area contributed by atoms with Crippen molar-refractivity contribution in [3.63, 3.8) is 0 Å². The molecule has 0 amide bonds. The summed E-state index contributed by atoms with van der Waals surface area (Å²) in [5, 5.41) is 10.6. The summed E-state index contributed by atoms with van der Waals surface area (Å²) in [5.41, 5.74) is 0.414. The predicted octanol–water partition coefficient (Wildman–Crippen LogP) is 2.09. The topological polar surface area (TPSA) is 52.4 Å². The molecule has 0 aromatic rings. The van der Waals surface area contributed by atoms with E-state index in [2.05, 4.69) is 13.2 Å². The van der Waals surface area contributed by atoms with Gasteiger partial charge in [0.15, 0.2) is 0 Å². The number of nitro groups is 1. The second-order valence-electron chi connectivity index (χ2n) is 2.40. The Balaban J connectivity index is 5.07. The molecule has 0 aliphatic heterocycles. The molecular weight excluding hydrogens is 182 g/mol. The van der Waals surface area contributed by atoms with Crippen LogP contribution in [0.2, 0.25) is 0 Å². The maximum absolute atomic E-state index is 10.6. The largest absolute Gasteiger partial charge is 0.380 e. The van der Waals surface area contributed by atoms with Crippen molar-refractivity contribution < 1.29 is 9.66 Å². The monoisotopic (exact) mass is 195 g/mol. The molecule has 14 heavy (non-hydrogen) atoms. The van der Waals surface area contributed by atoms with Crippen LogP contribution >= 0.6 is 0 Å². The highest BCUT2D eigenvalue weighted by molar-refractivity contribution is 5.29. The van der Waals surface area contributed by atoms with Crippen molar-refractivity contribution in [2.75, 3.05) is 13.7 Å². The highest BCUT2D eigenvalue weighted by Crippen LogP contribution is 2.09. The standard InChI is InChI=1S/C10H13NO3/c1-4-6-7-9(8-14-3)10(5-2)11(12)13/h4-7H,1-2,8H2,3H3/b7-6-,10-9-.